The van der Waals surface area contributed by atoms with E-state index < -0.39 is 63.0 Å². The summed E-state index contributed by atoms with van der Waals surface area (Å²) in [5.41, 5.74) is -0.197. The summed E-state index contributed by atoms with van der Waals surface area (Å²) in [6.45, 7) is -0.585. The number of hydrogen-bond acceptors (Lipinski definition) is 5. The average molecular weight is 537 g/mol. The van der Waals surface area contributed by atoms with E-state index in [0.29, 0.717) is 23.3 Å². The minimum atomic E-state index is -4.79. The highest BCUT2D eigenvalue weighted by molar-refractivity contribution is 7.90. The smallest absolute Gasteiger partial charge is 0.356 e. The lowest BCUT2D eigenvalue weighted by molar-refractivity contribution is -0.164. The molecule has 0 unspecified atom stereocenters. The van der Waals surface area contributed by atoms with Gasteiger partial charge in [-0.05, 0) is 41.5 Å². The molecule has 0 bridgehead atoms. The van der Waals surface area contributed by atoms with E-state index in [1.807, 2.05) is 0 Å². The highest BCUT2D eigenvalue weighted by Crippen LogP contribution is 2.33. The molecule has 4 rings (SSSR count). The fraction of sp³-hybridized carbons (Fsp3) is 0.200. The number of benzene rings is 3. The Morgan fingerprint density at radius 2 is 1.68 bits per heavy atom. The molecule has 194 valence electrons. The van der Waals surface area contributed by atoms with Crippen LogP contribution in [0.3, 0.4) is 0 Å². The van der Waals surface area contributed by atoms with Crippen molar-refractivity contribution in [2.45, 2.75) is 29.8 Å². The molecule has 0 aromatic heterocycles. The van der Waals surface area contributed by atoms with Crippen LogP contribution in [0.2, 0.25) is 0 Å². The van der Waals surface area contributed by atoms with Crippen molar-refractivity contribution < 1.29 is 40.3 Å². The Labute approximate surface area is 209 Å². The molecule has 0 saturated carbocycles. The van der Waals surface area contributed by atoms with Crippen molar-refractivity contribution in [2.75, 3.05) is 6.61 Å². The second-order valence-corrected chi connectivity index (χ2v) is 9.91. The summed E-state index contributed by atoms with van der Waals surface area (Å²) in [5.74, 6) is -2.14. The average Bonchev–Trinajstić information content (AvgIpc) is 2.86. The maximum Gasteiger partial charge on any atom is 0.416 e. The van der Waals surface area contributed by atoms with Gasteiger partial charge in [-0.15, -0.1) is 0 Å². The third kappa shape index (κ3) is 5.97. The summed E-state index contributed by atoms with van der Waals surface area (Å²) in [6.07, 6.45) is -6.30. The number of carbonyl (C=O) groups is 2. The predicted molar refractivity (Wildman–Crippen MR) is 123 cm³/mol. The molecule has 1 heterocycles. The minimum Gasteiger partial charge on any atom is -0.356 e. The number of halogens is 4. The lowest BCUT2D eigenvalue weighted by Gasteiger charge is -2.40. The van der Waals surface area contributed by atoms with Crippen molar-refractivity contribution >= 4 is 21.8 Å². The van der Waals surface area contributed by atoms with Crippen LogP contribution < -0.4 is 4.72 Å². The zero-order chi connectivity index (χ0) is 26.8. The standard InChI is InChI=1S/C25H20F4N2O5S/c26-19-11-9-16(10-12-19)14-31-21(32)15-36-23(22(31)17-5-2-1-3-6-17)24(33)30-37(34,35)20-8-4-7-18(13-20)25(27,28)29/h1-13,22-23H,14-15H2,(H,30,33)/t22-,23-/m1/s1. The maximum absolute atomic E-state index is 13.4. The molecule has 1 fully saturated rings. The quantitative estimate of drug-likeness (QED) is 0.484. The zero-order valence-electron chi connectivity index (χ0n) is 19.0. The van der Waals surface area contributed by atoms with Crippen LogP contribution >= 0.6 is 0 Å². The van der Waals surface area contributed by atoms with Crippen molar-refractivity contribution in [1.82, 2.24) is 9.62 Å². The molecule has 1 N–H and O–H groups in total. The third-order valence-electron chi connectivity index (χ3n) is 5.70. The molecule has 1 saturated heterocycles. The molecular formula is C25H20F4N2O5S. The fourth-order valence-electron chi connectivity index (χ4n) is 3.94. The normalized spacial score (nSPS) is 18.5. The van der Waals surface area contributed by atoms with Gasteiger partial charge in [-0.3, -0.25) is 9.59 Å². The lowest BCUT2D eigenvalue weighted by Crippen LogP contribution is -2.54. The number of nitrogens with one attached hydrogen (secondary N) is 1. The van der Waals surface area contributed by atoms with E-state index in [1.165, 1.54) is 29.2 Å². The van der Waals surface area contributed by atoms with Crippen molar-refractivity contribution in [1.29, 1.82) is 0 Å². The summed E-state index contributed by atoms with van der Waals surface area (Å²) in [5, 5.41) is 0. The van der Waals surface area contributed by atoms with Crippen LogP contribution in [0, 0.1) is 5.82 Å². The Balaban J connectivity index is 1.65. The van der Waals surface area contributed by atoms with Gasteiger partial charge in [0, 0.05) is 6.54 Å². The number of carbonyl (C=O) groups excluding carboxylic acids is 2. The molecule has 2 amide bonds. The van der Waals surface area contributed by atoms with Gasteiger partial charge in [0.1, 0.15) is 12.4 Å². The van der Waals surface area contributed by atoms with E-state index >= 15 is 0 Å². The number of ether oxygens (including phenoxy) is 1. The molecule has 1 aliphatic rings. The monoisotopic (exact) mass is 536 g/mol. The number of hydrogen-bond donors (Lipinski definition) is 1. The van der Waals surface area contributed by atoms with E-state index in [4.69, 9.17) is 4.74 Å². The summed E-state index contributed by atoms with van der Waals surface area (Å²) in [6, 6.07) is 15.5. The molecule has 7 nitrogen and oxygen atoms in total. The van der Waals surface area contributed by atoms with E-state index in [1.54, 1.807) is 35.1 Å². The van der Waals surface area contributed by atoms with E-state index in [0.717, 1.165) is 12.1 Å². The van der Waals surface area contributed by atoms with Crippen molar-refractivity contribution in [3.63, 3.8) is 0 Å². The van der Waals surface area contributed by atoms with Crippen LogP contribution in [-0.4, -0.2) is 37.8 Å². The van der Waals surface area contributed by atoms with Crippen LogP contribution in [0.25, 0.3) is 0 Å². The van der Waals surface area contributed by atoms with Gasteiger partial charge in [-0.25, -0.2) is 17.5 Å². The number of rotatable bonds is 6. The molecule has 37 heavy (non-hydrogen) atoms. The molecule has 3 aromatic rings. The Bertz CT molecular complexity index is 1400. The molecule has 12 heteroatoms. The summed E-state index contributed by atoms with van der Waals surface area (Å²) in [7, 11) is -4.72. The van der Waals surface area contributed by atoms with Crippen LogP contribution in [0.5, 0.6) is 0 Å². The molecule has 2 atom stereocenters. The molecule has 0 spiro atoms. The van der Waals surface area contributed by atoms with E-state index in [9.17, 15) is 35.6 Å². The third-order valence-corrected chi connectivity index (χ3v) is 7.05. The van der Waals surface area contributed by atoms with Gasteiger partial charge in [0.05, 0.1) is 16.5 Å². The van der Waals surface area contributed by atoms with Crippen molar-refractivity contribution in [3.8, 4) is 0 Å². The Morgan fingerprint density at radius 3 is 2.32 bits per heavy atom. The molecule has 0 radical (unpaired) electrons. The van der Waals surface area contributed by atoms with Crippen LogP contribution in [0.4, 0.5) is 17.6 Å². The highest BCUT2D eigenvalue weighted by atomic mass is 32.2. The van der Waals surface area contributed by atoms with Crippen LogP contribution in [0.1, 0.15) is 22.7 Å². The predicted octanol–water partition coefficient (Wildman–Crippen LogP) is 3.82. The van der Waals surface area contributed by atoms with E-state index in [2.05, 4.69) is 0 Å². The lowest BCUT2D eigenvalue weighted by atomic mass is 9.96. The second-order valence-electron chi connectivity index (χ2n) is 8.23. The fourth-order valence-corrected chi connectivity index (χ4v) is 4.98. The topological polar surface area (TPSA) is 92.8 Å². The van der Waals surface area contributed by atoms with Gasteiger partial charge < -0.3 is 9.64 Å². The zero-order valence-corrected chi connectivity index (χ0v) is 19.8. The Morgan fingerprint density at radius 1 is 1.00 bits per heavy atom. The first-order valence-electron chi connectivity index (χ1n) is 10.9. The Hall–Kier alpha value is -3.77. The first-order valence-corrected chi connectivity index (χ1v) is 12.4. The second kappa shape index (κ2) is 10.3. The van der Waals surface area contributed by atoms with Gasteiger partial charge in [-0.2, -0.15) is 13.2 Å². The van der Waals surface area contributed by atoms with Crippen molar-refractivity contribution in [2.24, 2.45) is 0 Å². The Kier molecular flexibility index (Phi) is 7.32. The molecule has 1 aliphatic heterocycles. The maximum atomic E-state index is 13.4. The van der Waals surface area contributed by atoms with Gasteiger partial charge >= 0.3 is 6.18 Å². The summed E-state index contributed by atoms with van der Waals surface area (Å²) in [4.78, 5) is 26.6. The summed E-state index contributed by atoms with van der Waals surface area (Å²) < 4.78 is 85.4. The largest absolute Gasteiger partial charge is 0.416 e. The number of nitrogens with zero attached hydrogens (tertiary/aromatic N) is 1. The first-order chi connectivity index (χ1) is 17.5. The van der Waals surface area contributed by atoms with E-state index in [-0.39, 0.29) is 6.54 Å². The summed E-state index contributed by atoms with van der Waals surface area (Å²) >= 11 is 0. The number of amides is 2. The first kappa shape index (κ1) is 26.3. The van der Waals surface area contributed by atoms with Gasteiger partial charge in [0.25, 0.3) is 15.9 Å². The van der Waals surface area contributed by atoms with Crippen LogP contribution in [0.15, 0.2) is 83.8 Å². The SMILES string of the molecule is O=C(NS(=O)(=O)c1cccc(C(F)(F)F)c1)[C@@H]1OCC(=O)N(Cc2ccc(F)cc2)[C@@H]1c1ccccc1. The van der Waals surface area contributed by atoms with Crippen molar-refractivity contribution in [3.05, 3.63) is 101 Å². The van der Waals surface area contributed by atoms with Gasteiger partial charge in [-0.1, -0.05) is 48.5 Å². The van der Waals surface area contributed by atoms with Gasteiger partial charge in [0.15, 0.2) is 6.10 Å². The molecular weight excluding hydrogens is 516 g/mol. The van der Waals surface area contributed by atoms with Gasteiger partial charge in [0.2, 0.25) is 5.91 Å². The number of alkyl halides is 3. The minimum absolute atomic E-state index is 0.0355. The number of morpholine rings is 1. The molecule has 0 aliphatic carbocycles. The highest BCUT2D eigenvalue weighted by Gasteiger charge is 2.43. The molecule has 3 aromatic carbocycles. The van der Waals surface area contributed by atoms with Crippen LogP contribution in [-0.2, 0) is 37.1 Å². The number of sulfonamides is 1.